The Bertz CT molecular complexity index is 456. The predicted octanol–water partition coefficient (Wildman–Crippen LogP) is 1.22. The number of benzene rings is 1. The number of nitrogens with one attached hydrogen (secondary N) is 1. The molecule has 0 heterocycles. The van der Waals surface area contributed by atoms with Crippen LogP contribution in [0.4, 0.5) is 0 Å². The van der Waals surface area contributed by atoms with E-state index in [0.29, 0.717) is 0 Å². The molecule has 21 heavy (non-hydrogen) atoms. The summed E-state index contributed by atoms with van der Waals surface area (Å²) in [5.41, 5.74) is 2.12. The molecule has 0 aliphatic rings. The van der Waals surface area contributed by atoms with Crippen LogP contribution in [-0.4, -0.2) is 36.7 Å². The quantitative estimate of drug-likeness (QED) is 0.707. The number of hydrogen-bond donors (Lipinski definition) is 2. The van der Waals surface area contributed by atoms with Crippen LogP contribution in [0.1, 0.15) is 30.9 Å². The molecule has 116 valence electrons. The summed E-state index contributed by atoms with van der Waals surface area (Å²) in [7, 11) is 1.21. The fraction of sp³-hybridized carbons (Fsp3) is 0.500. The van der Waals surface area contributed by atoms with Crippen LogP contribution in [0.3, 0.4) is 0 Å². The van der Waals surface area contributed by atoms with E-state index < -0.39 is 18.6 Å². The Labute approximate surface area is 125 Å². The number of unbranched alkanes of at least 4 members (excludes halogenated alkanes) is 1. The number of methoxy groups -OCH3 is 1. The second-order valence-corrected chi connectivity index (χ2v) is 4.92. The lowest BCUT2D eigenvalue weighted by Crippen LogP contribution is -2.44. The van der Waals surface area contributed by atoms with Crippen LogP contribution in [0.5, 0.6) is 0 Å². The van der Waals surface area contributed by atoms with E-state index in [4.69, 9.17) is 5.11 Å². The Balaban J connectivity index is 2.52. The van der Waals surface area contributed by atoms with Gasteiger partial charge in [-0.25, -0.2) is 4.79 Å². The largest absolute Gasteiger partial charge is 0.467 e. The maximum absolute atomic E-state index is 11.8. The highest BCUT2D eigenvalue weighted by Crippen LogP contribution is 2.08. The van der Waals surface area contributed by atoms with Gasteiger partial charge in [0.15, 0.2) is 6.04 Å². The molecule has 0 saturated heterocycles. The zero-order chi connectivity index (χ0) is 15.7. The van der Waals surface area contributed by atoms with Crippen LogP contribution in [0.25, 0.3) is 0 Å². The van der Waals surface area contributed by atoms with Crippen LogP contribution in [0.15, 0.2) is 24.3 Å². The number of ether oxygens (including phenoxy) is 1. The van der Waals surface area contributed by atoms with Crippen LogP contribution in [-0.2, 0) is 27.2 Å². The summed E-state index contributed by atoms with van der Waals surface area (Å²) in [5.74, 6) is -0.971. The van der Waals surface area contributed by atoms with Crippen molar-refractivity contribution in [3.8, 4) is 0 Å². The molecule has 0 aliphatic heterocycles. The van der Waals surface area contributed by atoms with Gasteiger partial charge in [-0.2, -0.15) is 0 Å². The second kappa shape index (κ2) is 9.13. The summed E-state index contributed by atoms with van der Waals surface area (Å²) in [5, 5.41) is 11.5. The van der Waals surface area contributed by atoms with Gasteiger partial charge in [0, 0.05) is 0 Å². The number of aliphatic hydroxyl groups excluding tert-OH is 1. The lowest BCUT2D eigenvalue weighted by atomic mass is 10.0. The van der Waals surface area contributed by atoms with Gasteiger partial charge in [0.05, 0.1) is 20.1 Å². The molecule has 5 heteroatoms. The van der Waals surface area contributed by atoms with Crippen molar-refractivity contribution in [1.29, 1.82) is 0 Å². The molecule has 2 N–H and O–H groups in total. The summed E-state index contributed by atoms with van der Waals surface area (Å²) in [6, 6.07) is 6.85. The normalized spacial score (nSPS) is 11.8. The molecular weight excluding hydrogens is 270 g/mol. The highest BCUT2D eigenvalue weighted by molar-refractivity contribution is 5.85. The van der Waals surface area contributed by atoms with Crippen molar-refractivity contribution < 1.29 is 19.4 Å². The SMILES string of the molecule is CCCCc1ccc(CC(=O)NC(CO)C(=O)OC)cc1. The van der Waals surface area contributed by atoms with Gasteiger partial charge in [-0.05, 0) is 24.0 Å². The fourth-order valence-corrected chi connectivity index (χ4v) is 1.96. The molecule has 0 aliphatic carbocycles. The van der Waals surface area contributed by atoms with E-state index in [1.807, 2.05) is 24.3 Å². The molecule has 0 saturated carbocycles. The Morgan fingerprint density at radius 2 is 1.86 bits per heavy atom. The van der Waals surface area contributed by atoms with E-state index in [-0.39, 0.29) is 12.3 Å². The topological polar surface area (TPSA) is 75.6 Å². The summed E-state index contributed by atoms with van der Waals surface area (Å²) in [6.07, 6.45) is 3.51. The number of rotatable bonds is 8. The van der Waals surface area contributed by atoms with Crippen LogP contribution in [0, 0.1) is 0 Å². The third-order valence-electron chi connectivity index (χ3n) is 3.21. The second-order valence-electron chi connectivity index (χ2n) is 4.92. The van der Waals surface area contributed by atoms with Crippen molar-refractivity contribution in [2.75, 3.05) is 13.7 Å². The van der Waals surface area contributed by atoms with Gasteiger partial charge in [0.25, 0.3) is 0 Å². The van der Waals surface area contributed by atoms with Crippen molar-refractivity contribution in [2.24, 2.45) is 0 Å². The number of hydrogen-bond acceptors (Lipinski definition) is 4. The Kier molecular flexibility index (Phi) is 7.46. The summed E-state index contributed by atoms with van der Waals surface area (Å²) < 4.78 is 4.49. The summed E-state index contributed by atoms with van der Waals surface area (Å²) in [6.45, 7) is 1.67. The average molecular weight is 293 g/mol. The fourth-order valence-electron chi connectivity index (χ4n) is 1.96. The monoisotopic (exact) mass is 293 g/mol. The van der Waals surface area contributed by atoms with Crippen LogP contribution >= 0.6 is 0 Å². The maximum Gasteiger partial charge on any atom is 0.330 e. The summed E-state index contributed by atoms with van der Waals surface area (Å²) in [4.78, 5) is 23.1. The maximum atomic E-state index is 11.8. The molecule has 1 amide bonds. The van der Waals surface area contributed by atoms with Gasteiger partial charge < -0.3 is 15.2 Å². The minimum absolute atomic E-state index is 0.168. The van der Waals surface area contributed by atoms with Crippen LogP contribution in [0.2, 0.25) is 0 Å². The van der Waals surface area contributed by atoms with E-state index in [1.165, 1.54) is 12.7 Å². The molecule has 0 fully saturated rings. The smallest absolute Gasteiger partial charge is 0.330 e. The van der Waals surface area contributed by atoms with Gasteiger partial charge >= 0.3 is 5.97 Å². The lowest BCUT2D eigenvalue weighted by Gasteiger charge is -2.13. The van der Waals surface area contributed by atoms with Crippen molar-refractivity contribution in [1.82, 2.24) is 5.32 Å². The minimum Gasteiger partial charge on any atom is -0.467 e. The van der Waals surface area contributed by atoms with Gasteiger partial charge in [-0.15, -0.1) is 0 Å². The molecule has 1 atom stereocenters. The molecule has 0 aromatic heterocycles. The molecule has 0 radical (unpaired) electrons. The Morgan fingerprint density at radius 3 is 2.38 bits per heavy atom. The van der Waals surface area contributed by atoms with E-state index in [1.54, 1.807) is 0 Å². The standard InChI is InChI=1S/C16H23NO4/c1-3-4-5-12-6-8-13(9-7-12)10-15(19)17-14(11-18)16(20)21-2/h6-9,14,18H,3-5,10-11H2,1-2H3,(H,17,19). The summed E-state index contributed by atoms with van der Waals surface area (Å²) >= 11 is 0. The zero-order valence-corrected chi connectivity index (χ0v) is 12.6. The minimum atomic E-state index is -1.01. The number of aliphatic hydroxyl groups is 1. The molecular formula is C16H23NO4. The third-order valence-corrected chi connectivity index (χ3v) is 3.21. The molecule has 0 spiro atoms. The van der Waals surface area contributed by atoms with Crippen molar-refractivity contribution in [3.05, 3.63) is 35.4 Å². The highest BCUT2D eigenvalue weighted by atomic mass is 16.5. The van der Waals surface area contributed by atoms with Gasteiger partial charge in [0.2, 0.25) is 5.91 Å². The first kappa shape index (κ1) is 17.2. The predicted molar refractivity (Wildman–Crippen MR) is 79.8 cm³/mol. The first-order valence-corrected chi connectivity index (χ1v) is 7.16. The Hall–Kier alpha value is -1.88. The van der Waals surface area contributed by atoms with Crippen molar-refractivity contribution in [3.63, 3.8) is 0 Å². The van der Waals surface area contributed by atoms with E-state index >= 15 is 0 Å². The number of aryl methyl sites for hydroxylation is 1. The zero-order valence-electron chi connectivity index (χ0n) is 12.6. The first-order chi connectivity index (χ1) is 10.1. The van der Waals surface area contributed by atoms with Gasteiger partial charge in [-0.3, -0.25) is 4.79 Å². The number of carbonyl (C=O) groups excluding carboxylic acids is 2. The van der Waals surface area contributed by atoms with Crippen LogP contribution < -0.4 is 5.32 Å². The van der Waals surface area contributed by atoms with E-state index in [2.05, 4.69) is 17.0 Å². The van der Waals surface area contributed by atoms with Gasteiger partial charge in [0.1, 0.15) is 0 Å². The van der Waals surface area contributed by atoms with Crippen molar-refractivity contribution in [2.45, 2.75) is 38.6 Å². The molecule has 1 unspecified atom stereocenters. The van der Waals surface area contributed by atoms with E-state index in [0.717, 1.165) is 24.8 Å². The van der Waals surface area contributed by atoms with Gasteiger partial charge in [-0.1, -0.05) is 37.6 Å². The molecule has 0 bridgehead atoms. The third kappa shape index (κ3) is 5.95. The number of carbonyl (C=O) groups is 2. The molecule has 5 nitrogen and oxygen atoms in total. The molecule has 1 aromatic rings. The van der Waals surface area contributed by atoms with E-state index in [9.17, 15) is 9.59 Å². The number of esters is 1. The lowest BCUT2D eigenvalue weighted by molar-refractivity contribution is -0.146. The highest BCUT2D eigenvalue weighted by Gasteiger charge is 2.20. The van der Waals surface area contributed by atoms with Crippen molar-refractivity contribution >= 4 is 11.9 Å². The average Bonchev–Trinajstić information content (AvgIpc) is 2.51. The first-order valence-electron chi connectivity index (χ1n) is 7.16. The molecule has 1 aromatic carbocycles. The molecule has 1 rings (SSSR count). The number of amides is 1. The Morgan fingerprint density at radius 1 is 1.24 bits per heavy atom.